The SMILES string of the molecule is CNC(=O)CC1(OC)C(=O)N(C2CCN(CCC(Oc3cc(OC)ccc3Cl)C(C)C)CC2)c2ccccc21. The number of carbonyl (C=O) groups is 2. The Morgan fingerprint density at radius 1 is 1.15 bits per heavy atom. The maximum Gasteiger partial charge on any atom is 0.264 e. The first-order valence-electron chi connectivity index (χ1n) is 13.7. The van der Waals surface area contributed by atoms with Gasteiger partial charge < -0.3 is 29.3 Å². The third-order valence-corrected chi connectivity index (χ3v) is 8.32. The average molecular weight is 558 g/mol. The predicted molar refractivity (Wildman–Crippen MR) is 153 cm³/mol. The van der Waals surface area contributed by atoms with Crippen LogP contribution in [-0.4, -0.2) is 69.8 Å². The second kappa shape index (κ2) is 12.6. The van der Waals surface area contributed by atoms with E-state index in [1.54, 1.807) is 20.2 Å². The van der Waals surface area contributed by atoms with Crippen LogP contribution in [0.1, 0.15) is 45.1 Å². The van der Waals surface area contributed by atoms with Gasteiger partial charge in [-0.3, -0.25) is 9.59 Å². The molecule has 2 atom stereocenters. The minimum atomic E-state index is -1.29. The molecule has 2 unspecified atom stereocenters. The van der Waals surface area contributed by atoms with Crippen molar-refractivity contribution in [3.05, 3.63) is 53.1 Å². The van der Waals surface area contributed by atoms with E-state index in [1.165, 1.54) is 7.11 Å². The van der Waals surface area contributed by atoms with Crippen LogP contribution in [0.25, 0.3) is 0 Å². The number of anilines is 1. The Hall–Kier alpha value is -2.81. The molecular weight excluding hydrogens is 518 g/mol. The number of carbonyl (C=O) groups excluding carboxylic acids is 2. The van der Waals surface area contributed by atoms with Crippen molar-refractivity contribution in [1.29, 1.82) is 0 Å². The Morgan fingerprint density at radius 2 is 1.87 bits per heavy atom. The Balaban J connectivity index is 1.40. The highest BCUT2D eigenvalue weighted by atomic mass is 35.5. The lowest BCUT2D eigenvalue weighted by Crippen LogP contribution is -2.51. The zero-order chi connectivity index (χ0) is 28.2. The van der Waals surface area contributed by atoms with Crippen LogP contribution in [0.3, 0.4) is 0 Å². The monoisotopic (exact) mass is 557 g/mol. The fraction of sp³-hybridized carbons (Fsp3) is 0.533. The van der Waals surface area contributed by atoms with E-state index in [0.29, 0.717) is 22.4 Å². The number of likely N-dealkylation sites (tertiary alicyclic amines) is 1. The molecule has 1 fully saturated rings. The first-order valence-corrected chi connectivity index (χ1v) is 14.0. The van der Waals surface area contributed by atoms with Crippen LogP contribution < -0.4 is 19.7 Å². The summed E-state index contributed by atoms with van der Waals surface area (Å²) in [6.45, 7) is 6.94. The zero-order valence-electron chi connectivity index (χ0n) is 23.5. The molecular formula is C30H40ClN3O5. The smallest absolute Gasteiger partial charge is 0.264 e. The third kappa shape index (κ3) is 6.03. The lowest BCUT2D eigenvalue weighted by Gasteiger charge is -2.38. The van der Waals surface area contributed by atoms with Gasteiger partial charge in [0.25, 0.3) is 5.91 Å². The first kappa shape index (κ1) is 29.2. The first-order chi connectivity index (χ1) is 18.7. The van der Waals surface area contributed by atoms with E-state index in [4.69, 9.17) is 25.8 Å². The minimum absolute atomic E-state index is 0.00592. The van der Waals surface area contributed by atoms with Crippen molar-refractivity contribution in [3.63, 3.8) is 0 Å². The highest BCUT2D eigenvalue weighted by molar-refractivity contribution is 6.32. The third-order valence-electron chi connectivity index (χ3n) is 8.01. The van der Waals surface area contributed by atoms with Crippen molar-refractivity contribution in [2.45, 2.75) is 57.3 Å². The fourth-order valence-corrected chi connectivity index (χ4v) is 5.83. The van der Waals surface area contributed by atoms with E-state index in [1.807, 2.05) is 41.3 Å². The van der Waals surface area contributed by atoms with Crippen molar-refractivity contribution in [1.82, 2.24) is 10.2 Å². The van der Waals surface area contributed by atoms with Crippen molar-refractivity contribution in [3.8, 4) is 11.5 Å². The van der Waals surface area contributed by atoms with Gasteiger partial charge in [0.1, 0.15) is 17.6 Å². The van der Waals surface area contributed by atoms with Crippen LogP contribution in [0.2, 0.25) is 5.02 Å². The number of para-hydroxylation sites is 1. The summed E-state index contributed by atoms with van der Waals surface area (Å²) in [6, 6.07) is 13.2. The Labute approximate surface area is 236 Å². The summed E-state index contributed by atoms with van der Waals surface area (Å²) < 4.78 is 17.5. The van der Waals surface area contributed by atoms with E-state index >= 15 is 0 Å². The molecule has 39 heavy (non-hydrogen) atoms. The highest BCUT2D eigenvalue weighted by Gasteiger charge is 2.54. The number of benzene rings is 2. The molecule has 2 heterocycles. The van der Waals surface area contributed by atoms with Crippen molar-refractivity contribution >= 4 is 29.1 Å². The lowest BCUT2D eigenvalue weighted by molar-refractivity contribution is -0.146. The Kier molecular flexibility index (Phi) is 9.41. The van der Waals surface area contributed by atoms with E-state index in [9.17, 15) is 9.59 Å². The molecule has 2 aliphatic rings. The molecule has 1 saturated heterocycles. The van der Waals surface area contributed by atoms with Gasteiger partial charge in [0, 0.05) is 51.5 Å². The van der Waals surface area contributed by atoms with Crippen LogP contribution in [0.15, 0.2) is 42.5 Å². The fourth-order valence-electron chi connectivity index (χ4n) is 5.67. The van der Waals surface area contributed by atoms with E-state index in [0.717, 1.165) is 50.1 Å². The second-order valence-electron chi connectivity index (χ2n) is 10.6. The number of halogens is 1. The van der Waals surface area contributed by atoms with Gasteiger partial charge >= 0.3 is 0 Å². The highest BCUT2D eigenvalue weighted by Crippen LogP contribution is 2.46. The molecule has 0 aromatic heterocycles. The quantitative estimate of drug-likeness (QED) is 0.434. The zero-order valence-corrected chi connectivity index (χ0v) is 24.3. The maximum atomic E-state index is 13.9. The molecule has 2 amide bonds. The molecule has 2 aromatic rings. The van der Waals surface area contributed by atoms with Crippen LogP contribution in [0, 0.1) is 5.92 Å². The van der Waals surface area contributed by atoms with Crippen molar-refractivity contribution in [2.75, 3.05) is 45.8 Å². The number of amides is 2. The van der Waals surface area contributed by atoms with E-state index < -0.39 is 5.60 Å². The molecule has 4 rings (SSSR count). The van der Waals surface area contributed by atoms with Gasteiger partial charge in [0.2, 0.25) is 5.91 Å². The number of ether oxygens (including phenoxy) is 3. The summed E-state index contributed by atoms with van der Waals surface area (Å²) in [6.07, 6.45) is 2.51. The van der Waals surface area contributed by atoms with Gasteiger partial charge in [0.05, 0.1) is 24.2 Å². The minimum Gasteiger partial charge on any atom is -0.497 e. The summed E-state index contributed by atoms with van der Waals surface area (Å²) >= 11 is 6.39. The van der Waals surface area contributed by atoms with Gasteiger partial charge in [-0.1, -0.05) is 43.6 Å². The molecule has 8 nitrogen and oxygen atoms in total. The summed E-state index contributed by atoms with van der Waals surface area (Å²) in [5.74, 6) is 1.28. The topological polar surface area (TPSA) is 80.3 Å². The molecule has 0 radical (unpaired) electrons. The van der Waals surface area contributed by atoms with Crippen LogP contribution in [-0.2, 0) is 19.9 Å². The summed E-state index contributed by atoms with van der Waals surface area (Å²) in [4.78, 5) is 30.5. The number of rotatable bonds is 11. The standard InChI is InChI=1S/C30H40ClN3O5/c1-20(2)26(39-27-18-22(37-4)10-11-24(27)31)14-17-33-15-12-21(13-16-33)34-25-9-7-6-8-23(25)30(38-5,29(34)36)19-28(35)32-3/h6-11,18,20-21,26H,12-17,19H2,1-5H3,(H,32,35). The van der Waals surface area contributed by atoms with Gasteiger partial charge in [-0.25, -0.2) is 0 Å². The molecule has 0 saturated carbocycles. The molecule has 2 aliphatic heterocycles. The number of methoxy groups -OCH3 is 2. The van der Waals surface area contributed by atoms with Crippen LogP contribution >= 0.6 is 11.6 Å². The predicted octanol–water partition coefficient (Wildman–Crippen LogP) is 4.63. The average Bonchev–Trinajstić information content (AvgIpc) is 3.19. The van der Waals surface area contributed by atoms with Gasteiger partial charge in [-0.2, -0.15) is 0 Å². The largest absolute Gasteiger partial charge is 0.497 e. The van der Waals surface area contributed by atoms with Crippen LogP contribution in [0.5, 0.6) is 11.5 Å². The summed E-state index contributed by atoms with van der Waals surface area (Å²) in [5.41, 5.74) is 0.309. The normalized spacial score (nSPS) is 20.7. The molecule has 2 aromatic carbocycles. The number of fused-ring (bicyclic) bond motifs is 1. The number of hydrogen-bond acceptors (Lipinski definition) is 6. The van der Waals surface area contributed by atoms with E-state index in [-0.39, 0.29) is 30.4 Å². The molecule has 212 valence electrons. The van der Waals surface area contributed by atoms with Gasteiger partial charge in [0.15, 0.2) is 5.60 Å². The molecule has 0 bridgehead atoms. The second-order valence-corrected chi connectivity index (χ2v) is 11.0. The lowest BCUT2D eigenvalue weighted by atomic mass is 9.91. The maximum absolute atomic E-state index is 13.9. The summed E-state index contributed by atoms with van der Waals surface area (Å²) in [7, 11) is 4.71. The van der Waals surface area contributed by atoms with Gasteiger partial charge in [-0.15, -0.1) is 0 Å². The Bertz CT molecular complexity index is 1170. The number of nitrogens with one attached hydrogen (secondary N) is 1. The van der Waals surface area contributed by atoms with Crippen LogP contribution in [0.4, 0.5) is 5.69 Å². The molecule has 0 aliphatic carbocycles. The number of nitrogens with zero attached hydrogens (tertiary/aromatic N) is 2. The van der Waals surface area contributed by atoms with Crippen molar-refractivity contribution in [2.24, 2.45) is 5.92 Å². The number of hydrogen-bond donors (Lipinski definition) is 1. The molecule has 1 N–H and O–H groups in total. The molecule has 0 spiro atoms. The molecule has 9 heteroatoms. The van der Waals surface area contributed by atoms with Gasteiger partial charge in [-0.05, 0) is 43.4 Å². The van der Waals surface area contributed by atoms with E-state index in [2.05, 4.69) is 24.1 Å². The Morgan fingerprint density at radius 3 is 2.51 bits per heavy atom. The summed E-state index contributed by atoms with van der Waals surface area (Å²) in [5, 5.41) is 3.21. The van der Waals surface area contributed by atoms with Crippen molar-refractivity contribution < 1.29 is 23.8 Å². The number of piperidine rings is 1.